The van der Waals surface area contributed by atoms with Crippen LogP contribution in [0.2, 0.25) is 0 Å². The maximum atomic E-state index is 13.3. The third kappa shape index (κ3) is 4.51. The fraction of sp³-hybridized carbons (Fsp3) is 0.200. The Balaban J connectivity index is 1.76. The van der Waals surface area contributed by atoms with E-state index in [0.29, 0.717) is 6.07 Å². The van der Waals surface area contributed by atoms with Gasteiger partial charge in [0.25, 0.3) is 23.4 Å². The number of carbonyl (C=O) groups is 4. The van der Waals surface area contributed by atoms with E-state index in [1.165, 1.54) is 19.2 Å². The number of benzene rings is 2. The quantitative estimate of drug-likeness (QED) is 0.310. The molecule has 1 N–H and O–H groups in total. The molecule has 3 amide bonds. The van der Waals surface area contributed by atoms with Gasteiger partial charge < -0.3 is 10.1 Å². The molecule has 172 valence electrons. The van der Waals surface area contributed by atoms with Gasteiger partial charge in [-0.1, -0.05) is 0 Å². The van der Waals surface area contributed by atoms with Crippen molar-refractivity contribution in [3.63, 3.8) is 0 Å². The average molecular weight is 465 g/mol. The van der Waals surface area contributed by atoms with Gasteiger partial charge in [-0.25, -0.2) is 4.79 Å². The predicted molar refractivity (Wildman–Crippen MR) is 104 cm³/mol. The number of alkyl halides is 3. The molecule has 0 bridgehead atoms. The highest BCUT2D eigenvalue weighted by atomic mass is 19.4. The molecule has 1 heterocycles. The van der Waals surface area contributed by atoms with Crippen LogP contribution < -0.4 is 5.32 Å². The Morgan fingerprint density at radius 3 is 2.33 bits per heavy atom. The second-order valence-corrected chi connectivity index (χ2v) is 6.95. The number of amides is 3. The summed E-state index contributed by atoms with van der Waals surface area (Å²) in [5.74, 6) is -3.37. The van der Waals surface area contributed by atoms with Gasteiger partial charge in [-0.3, -0.25) is 29.4 Å². The van der Waals surface area contributed by atoms with Crippen molar-refractivity contribution in [2.24, 2.45) is 0 Å². The molecule has 0 saturated carbocycles. The van der Waals surface area contributed by atoms with Crippen LogP contribution in [0.25, 0.3) is 0 Å². The molecule has 1 aliphatic heterocycles. The van der Waals surface area contributed by atoms with Gasteiger partial charge in [0.1, 0.15) is 0 Å². The fourth-order valence-electron chi connectivity index (χ4n) is 2.99. The van der Waals surface area contributed by atoms with Gasteiger partial charge in [-0.05, 0) is 31.2 Å². The summed E-state index contributed by atoms with van der Waals surface area (Å²) in [6, 6.07) is 5.33. The molecule has 0 fully saturated rings. The molecule has 2 aromatic carbocycles. The Morgan fingerprint density at radius 1 is 1.09 bits per heavy atom. The van der Waals surface area contributed by atoms with Crippen molar-refractivity contribution in [1.82, 2.24) is 4.90 Å². The number of rotatable bonds is 5. The first-order chi connectivity index (χ1) is 15.3. The highest BCUT2D eigenvalue weighted by Crippen LogP contribution is 2.37. The van der Waals surface area contributed by atoms with Gasteiger partial charge in [0.2, 0.25) is 0 Å². The Morgan fingerprint density at radius 2 is 1.73 bits per heavy atom. The van der Waals surface area contributed by atoms with Crippen LogP contribution in [0.15, 0.2) is 36.4 Å². The predicted octanol–water partition coefficient (Wildman–Crippen LogP) is 3.02. The highest BCUT2D eigenvalue weighted by molar-refractivity contribution is 6.21. The van der Waals surface area contributed by atoms with E-state index in [1.807, 2.05) is 5.32 Å². The zero-order valence-electron chi connectivity index (χ0n) is 16.9. The summed E-state index contributed by atoms with van der Waals surface area (Å²) >= 11 is 0. The molecule has 0 saturated heterocycles. The van der Waals surface area contributed by atoms with Gasteiger partial charge in [0, 0.05) is 19.2 Å². The average Bonchev–Trinajstić information content (AvgIpc) is 2.96. The number of nitrogens with one attached hydrogen (secondary N) is 1. The Hall–Kier alpha value is -4.29. The molecule has 0 radical (unpaired) electrons. The van der Waals surface area contributed by atoms with Crippen LogP contribution >= 0.6 is 0 Å². The molecule has 3 rings (SSSR count). The molecule has 0 spiro atoms. The monoisotopic (exact) mass is 465 g/mol. The number of nitro groups is 1. The smallest absolute Gasteiger partial charge is 0.418 e. The van der Waals surface area contributed by atoms with Crippen molar-refractivity contribution in [3.8, 4) is 0 Å². The Bertz CT molecular complexity index is 1210. The van der Waals surface area contributed by atoms with Crippen LogP contribution in [0, 0.1) is 10.1 Å². The van der Waals surface area contributed by atoms with Crippen LogP contribution in [0.5, 0.6) is 0 Å². The van der Waals surface area contributed by atoms with Crippen LogP contribution in [-0.2, 0) is 15.7 Å². The number of non-ortho nitro benzene ring substituents is 1. The normalized spacial score (nSPS) is 14.0. The summed E-state index contributed by atoms with van der Waals surface area (Å²) in [7, 11) is 1.27. The molecule has 1 unspecified atom stereocenters. The topological polar surface area (TPSA) is 136 Å². The van der Waals surface area contributed by atoms with Gasteiger partial charge in [0.15, 0.2) is 6.10 Å². The SMILES string of the molecule is CC(OC(=O)c1ccc2c(c1)C(=O)N(C)C2=O)C(=O)Nc1ccc([N+](=O)[O-])cc1C(F)(F)F. The van der Waals surface area contributed by atoms with E-state index in [-0.39, 0.29) is 22.8 Å². The molecule has 1 atom stereocenters. The largest absolute Gasteiger partial charge is 0.449 e. The molecular formula is C20H14F3N3O7. The van der Waals surface area contributed by atoms with Crippen LogP contribution in [0.1, 0.15) is 43.6 Å². The number of nitrogens with zero attached hydrogens (tertiary/aromatic N) is 2. The zero-order chi connectivity index (χ0) is 24.7. The van der Waals surface area contributed by atoms with Gasteiger partial charge in [-0.15, -0.1) is 0 Å². The number of hydrogen-bond acceptors (Lipinski definition) is 7. The van der Waals surface area contributed by atoms with E-state index >= 15 is 0 Å². The minimum atomic E-state index is -5.00. The van der Waals surface area contributed by atoms with Gasteiger partial charge in [0.05, 0.1) is 32.9 Å². The number of ether oxygens (including phenoxy) is 1. The fourth-order valence-corrected chi connectivity index (χ4v) is 2.99. The van der Waals surface area contributed by atoms with Crippen LogP contribution in [0.4, 0.5) is 24.5 Å². The lowest BCUT2D eigenvalue weighted by atomic mass is 10.1. The van der Waals surface area contributed by atoms with Crippen molar-refractivity contribution < 1.29 is 42.0 Å². The number of hydrogen-bond donors (Lipinski definition) is 1. The number of anilines is 1. The summed E-state index contributed by atoms with van der Waals surface area (Å²) in [5.41, 5.74) is -3.14. The minimum Gasteiger partial charge on any atom is -0.449 e. The lowest BCUT2D eigenvalue weighted by Crippen LogP contribution is -2.31. The van der Waals surface area contributed by atoms with Crippen LogP contribution in [0.3, 0.4) is 0 Å². The summed E-state index contributed by atoms with van der Waals surface area (Å²) < 4.78 is 44.7. The number of halogens is 3. The number of imide groups is 1. The van der Waals surface area contributed by atoms with Gasteiger partial charge in [-0.2, -0.15) is 13.2 Å². The molecule has 0 aromatic heterocycles. The molecule has 13 heteroatoms. The molecule has 10 nitrogen and oxygen atoms in total. The van der Waals surface area contributed by atoms with E-state index in [4.69, 9.17) is 4.74 Å². The maximum absolute atomic E-state index is 13.3. The highest BCUT2D eigenvalue weighted by Gasteiger charge is 2.36. The van der Waals surface area contributed by atoms with Crippen molar-refractivity contribution >= 4 is 35.1 Å². The number of esters is 1. The first kappa shape index (κ1) is 23.4. The van der Waals surface area contributed by atoms with Crippen molar-refractivity contribution in [1.29, 1.82) is 0 Å². The van der Waals surface area contributed by atoms with Crippen molar-refractivity contribution in [2.75, 3.05) is 12.4 Å². The first-order valence-corrected chi connectivity index (χ1v) is 9.15. The van der Waals surface area contributed by atoms with E-state index in [9.17, 15) is 42.5 Å². The molecule has 0 aliphatic carbocycles. The van der Waals surface area contributed by atoms with Gasteiger partial charge >= 0.3 is 12.1 Å². The molecule has 1 aliphatic rings. The summed E-state index contributed by atoms with van der Waals surface area (Å²) in [6.45, 7) is 1.10. The maximum Gasteiger partial charge on any atom is 0.418 e. The number of carbonyl (C=O) groups excluding carboxylic acids is 4. The first-order valence-electron chi connectivity index (χ1n) is 9.15. The second kappa shape index (κ2) is 8.33. The standard InChI is InChI=1S/C20H14F3N3O7/c1-9(16(27)24-15-6-4-11(26(31)32)8-14(15)20(21,22)23)33-19(30)10-3-5-12-13(7-10)18(29)25(2)17(12)28/h3-9H,1-2H3,(H,24,27). The van der Waals surface area contributed by atoms with Crippen LogP contribution in [-0.4, -0.2) is 46.7 Å². The summed E-state index contributed by atoms with van der Waals surface area (Å²) in [6.07, 6.45) is -6.57. The zero-order valence-corrected chi connectivity index (χ0v) is 16.9. The van der Waals surface area contributed by atoms with E-state index in [2.05, 4.69) is 0 Å². The summed E-state index contributed by atoms with van der Waals surface area (Å²) in [5, 5.41) is 12.7. The number of fused-ring (bicyclic) bond motifs is 1. The Kier molecular flexibility index (Phi) is 5.90. The third-order valence-corrected chi connectivity index (χ3v) is 4.76. The number of nitro benzene ring substituents is 1. The summed E-state index contributed by atoms with van der Waals surface area (Å²) in [4.78, 5) is 59.2. The lowest BCUT2D eigenvalue weighted by Gasteiger charge is -2.17. The molecule has 2 aromatic rings. The minimum absolute atomic E-state index is 0.0326. The Labute approximate surface area is 183 Å². The van der Waals surface area contributed by atoms with E-state index in [0.717, 1.165) is 24.0 Å². The van der Waals surface area contributed by atoms with Crippen molar-refractivity contribution in [2.45, 2.75) is 19.2 Å². The third-order valence-electron chi connectivity index (χ3n) is 4.76. The lowest BCUT2D eigenvalue weighted by molar-refractivity contribution is -0.385. The molecule has 33 heavy (non-hydrogen) atoms. The van der Waals surface area contributed by atoms with E-state index < -0.39 is 57.8 Å². The van der Waals surface area contributed by atoms with E-state index in [1.54, 1.807) is 0 Å². The van der Waals surface area contributed by atoms with Crippen molar-refractivity contribution in [3.05, 3.63) is 68.8 Å². The molecular weight excluding hydrogens is 451 g/mol. The second-order valence-electron chi connectivity index (χ2n) is 6.95.